The molecule has 4 heteroatoms. The molecule has 0 aromatic heterocycles. The molecular weight excluding hydrogens is 238 g/mol. The first-order valence-corrected chi connectivity index (χ1v) is 6.95. The number of aryl methyl sites for hydroxylation is 1. The summed E-state index contributed by atoms with van der Waals surface area (Å²) >= 11 is 0. The summed E-state index contributed by atoms with van der Waals surface area (Å²) < 4.78 is 5.50. The van der Waals surface area contributed by atoms with Crippen LogP contribution in [0.3, 0.4) is 0 Å². The van der Waals surface area contributed by atoms with E-state index in [9.17, 15) is 0 Å². The average molecular weight is 263 g/mol. The lowest BCUT2D eigenvalue weighted by Gasteiger charge is -2.41. The van der Waals surface area contributed by atoms with Crippen LogP contribution in [0.15, 0.2) is 18.2 Å². The Morgan fingerprint density at radius 2 is 2.16 bits per heavy atom. The maximum absolute atomic E-state index is 5.72. The van der Waals surface area contributed by atoms with Crippen molar-refractivity contribution in [3.8, 4) is 5.75 Å². The molecule has 0 radical (unpaired) electrons. The van der Waals surface area contributed by atoms with Crippen LogP contribution in [0.25, 0.3) is 0 Å². The predicted molar refractivity (Wildman–Crippen MR) is 80.0 cm³/mol. The summed E-state index contributed by atoms with van der Waals surface area (Å²) in [6.07, 6.45) is 1.04. The van der Waals surface area contributed by atoms with Gasteiger partial charge in [0.1, 0.15) is 5.75 Å². The van der Waals surface area contributed by atoms with E-state index in [0.29, 0.717) is 6.04 Å². The molecule has 1 aromatic rings. The normalized spacial score (nSPS) is 20.6. The monoisotopic (exact) mass is 263 g/mol. The van der Waals surface area contributed by atoms with Gasteiger partial charge in [-0.1, -0.05) is 6.07 Å². The minimum atomic E-state index is 0.531. The van der Waals surface area contributed by atoms with Gasteiger partial charge >= 0.3 is 0 Å². The largest absolute Gasteiger partial charge is 0.495 e. The summed E-state index contributed by atoms with van der Waals surface area (Å²) in [5.41, 5.74) is 8.19. The molecule has 0 aliphatic carbocycles. The van der Waals surface area contributed by atoms with Crippen LogP contribution < -0.4 is 15.4 Å². The van der Waals surface area contributed by atoms with E-state index in [4.69, 9.17) is 10.5 Å². The number of ether oxygens (including phenoxy) is 1. The number of nitrogens with two attached hydrogens (primary N) is 1. The fraction of sp³-hybridized carbons (Fsp3) is 0.600. The molecule has 19 heavy (non-hydrogen) atoms. The summed E-state index contributed by atoms with van der Waals surface area (Å²) in [5.74, 6) is 0.960. The van der Waals surface area contributed by atoms with Gasteiger partial charge in [-0.2, -0.15) is 0 Å². The molecule has 1 fully saturated rings. The minimum absolute atomic E-state index is 0.531. The van der Waals surface area contributed by atoms with E-state index in [1.807, 2.05) is 0 Å². The van der Waals surface area contributed by atoms with Gasteiger partial charge in [-0.3, -0.25) is 4.90 Å². The summed E-state index contributed by atoms with van der Waals surface area (Å²) in [5, 5.41) is 0. The van der Waals surface area contributed by atoms with Crippen molar-refractivity contribution in [2.75, 3.05) is 45.2 Å². The number of benzene rings is 1. The van der Waals surface area contributed by atoms with Crippen molar-refractivity contribution >= 4 is 5.69 Å². The molecular formula is C15H25N3O. The first kappa shape index (κ1) is 14.2. The zero-order valence-corrected chi connectivity index (χ0v) is 12.2. The average Bonchev–Trinajstić information content (AvgIpc) is 2.41. The van der Waals surface area contributed by atoms with E-state index in [1.54, 1.807) is 7.11 Å². The first-order valence-electron chi connectivity index (χ1n) is 6.95. The lowest BCUT2D eigenvalue weighted by Crippen LogP contribution is -2.52. The SMILES string of the molecule is COc1ccc(C)cc1N1CCN(C)C(CCN)C1. The molecule has 1 unspecified atom stereocenters. The van der Waals surface area contributed by atoms with Crippen molar-refractivity contribution < 1.29 is 4.74 Å². The Hall–Kier alpha value is -1.26. The lowest BCUT2D eigenvalue weighted by atomic mass is 10.1. The fourth-order valence-corrected chi connectivity index (χ4v) is 2.72. The van der Waals surface area contributed by atoms with E-state index in [1.165, 1.54) is 11.3 Å². The highest BCUT2D eigenvalue weighted by Crippen LogP contribution is 2.31. The number of piperazine rings is 1. The Kier molecular flexibility index (Phi) is 4.66. The maximum Gasteiger partial charge on any atom is 0.142 e. The van der Waals surface area contributed by atoms with Crippen molar-refractivity contribution in [1.82, 2.24) is 4.90 Å². The van der Waals surface area contributed by atoms with E-state index < -0.39 is 0 Å². The number of hydrogen-bond donors (Lipinski definition) is 1. The van der Waals surface area contributed by atoms with E-state index in [0.717, 1.165) is 38.3 Å². The number of rotatable bonds is 4. The molecule has 2 rings (SSSR count). The highest BCUT2D eigenvalue weighted by molar-refractivity contribution is 5.60. The third-order valence-corrected chi connectivity index (χ3v) is 3.95. The Labute approximate surface area is 116 Å². The second-order valence-corrected chi connectivity index (χ2v) is 5.33. The summed E-state index contributed by atoms with van der Waals surface area (Å²) in [6.45, 7) is 6.00. The summed E-state index contributed by atoms with van der Waals surface area (Å²) in [6, 6.07) is 6.89. The van der Waals surface area contributed by atoms with Gasteiger partial charge in [0.2, 0.25) is 0 Å². The van der Waals surface area contributed by atoms with Gasteiger partial charge in [0.05, 0.1) is 12.8 Å². The quantitative estimate of drug-likeness (QED) is 0.893. The molecule has 1 aliphatic rings. The molecule has 1 aromatic carbocycles. The van der Waals surface area contributed by atoms with Crippen LogP contribution in [-0.2, 0) is 0 Å². The number of likely N-dealkylation sites (N-methyl/N-ethyl adjacent to an activating group) is 1. The number of methoxy groups -OCH3 is 1. The number of anilines is 1. The van der Waals surface area contributed by atoms with Crippen LogP contribution in [0.5, 0.6) is 5.75 Å². The van der Waals surface area contributed by atoms with Crippen LogP contribution in [0.2, 0.25) is 0 Å². The molecule has 106 valence electrons. The zero-order chi connectivity index (χ0) is 13.8. The molecule has 1 atom stereocenters. The molecule has 2 N–H and O–H groups in total. The molecule has 1 heterocycles. The summed E-state index contributed by atoms with van der Waals surface area (Å²) in [7, 11) is 3.92. The Bertz CT molecular complexity index is 422. The topological polar surface area (TPSA) is 41.7 Å². The standard InChI is InChI=1S/C15H25N3O/c1-12-4-5-15(19-3)14(10-12)18-9-8-17(2)13(11-18)6-7-16/h4-5,10,13H,6-9,11,16H2,1-3H3. The molecule has 0 saturated carbocycles. The molecule has 0 amide bonds. The van der Waals surface area contributed by atoms with Gasteiger partial charge in [0.15, 0.2) is 0 Å². The molecule has 4 nitrogen and oxygen atoms in total. The highest BCUT2D eigenvalue weighted by atomic mass is 16.5. The van der Waals surface area contributed by atoms with E-state index in [2.05, 4.69) is 42.0 Å². The molecule has 0 spiro atoms. The van der Waals surface area contributed by atoms with E-state index >= 15 is 0 Å². The lowest BCUT2D eigenvalue weighted by molar-refractivity contribution is 0.210. The van der Waals surface area contributed by atoms with Crippen molar-refractivity contribution in [2.45, 2.75) is 19.4 Å². The van der Waals surface area contributed by atoms with E-state index in [-0.39, 0.29) is 0 Å². The third kappa shape index (κ3) is 3.19. The first-order chi connectivity index (χ1) is 9.15. The summed E-state index contributed by atoms with van der Waals surface area (Å²) in [4.78, 5) is 4.83. The number of nitrogens with zero attached hydrogens (tertiary/aromatic N) is 2. The molecule has 1 saturated heterocycles. The Morgan fingerprint density at radius 1 is 1.37 bits per heavy atom. The zero-order valence-electron chi connectivity index (χ0n) is 12.2. The van der Waals surface area contributed by atoms with Crippen molar-refractivity contribution in [2.24, 2.45) is 5.73 Å². The van der Waals surface area contributed by atoms with Crippen LogP contribution in [0.1, 0.15) is 12.0 Å². The highest BCUT2D eigenvalue weighted by Gasteiger charge is 2.25. The van der Waals surface area contributed by atoms with Crippen molar-refractivity contribution in [3.63, 3.8) is 0 Å². The second kappa shape index (κ2) is 6.26. The third-order valence-electron chi connectivity index (χ3n) is 3.95. The van der Waals surface area contributed by atoms with Gasteiger partial charge in [-0.05, 0) is 44.6 Å². The van der Waals surface area contributed by atoms with Crippen LogP contribution in [0.4, 0.5) is 5.69 Å². The Balaban J connectivity index is 2.19. The molecule has 1 aliphatic heterocycles. The van der Waals surface area contributed by atoms with Crippen LogP contribution in [0, 0.1) is 6.92 Å². The second-order valence-electron chi connectivity index (χ2n) is 5.33. The maximum atomic E-state index is 5.72. The smallest absolute Gasteiger partial charge is 0.142 e. The number of hydrogen-bond acceptors (Lipinski definition) is 4. The van der Waals surface area contributed by atoms with Gasteiger partial charge in [0.25, 0.3) is 0 Å². The minimum Gasteiger partial charge on any atom is -0.495 e. The van der Waals surface area contributed by atoms with Gasteiger partial charge in [-0.15, -0.1) is 0 Å². The fourth-order valence-electron chi connectivity index (χ4n) is 2.72. The van der Waals surface area contributed by atoms with Gasteiger partial charge in [0, 0.05) is 25.7 Å². The predicted octanol–water partition coefficient (Wildman–Crippen LogP) is 1.47. The Morgan fingerprint density at radius 3 is 2.84 bits per heavy atom. The van der Waals surface area contributed by atoms with Crippen LogP contribution >= 0.6 is 0 Å². The van der Waals surface area contributed by atoms with Crippen molar-refractivity contribution in [3.05, 3.63) is 23.8 Å². The molecule has 0 bridgehead atoms. The van der Waals surface area contributed by atoms with Gasteiger partial charge in [-0.25, -0.2) is 0 Å². The van der Waals surface area contributed by atoms with Crippen molar-refractivity contribution in [1.29, 1.82) is 0 Å². The van der Waals surface area contributed by atoms with Gasteiger partial charge < -0.3 is 15.4 Å². The van der Waals surface area contributed by atoms with Crippen LogP contribution in [-0.4, -0.2) is 51.3 Å².